The second-order valence-corrected chi connectivity index (χ2v) is 7.90. The molecule has 0 unspecified atom stereocenters. The maximum Gasteiger partial charge on any atom is 0.262 e. The molecule has 0 saturated carbocycles. The van der Waals surface area contributed by atoms with Gasteiger partial charge in [0.05, 0.1) is 10.3 Å². The Balaban J connectivity index is 2.14. The van der Waals surface area contributed by atoms with E-state index in [-0.39, 0.29) is 12.0 Å². The van der Waals surface area contributed by atoms with Crippen LogP contribution >= 0.6 is 22.9 Å². The van der Waals surface area contributed by atoms with Gasteiger partial charge in [0.1, 0.15) is 10.7 Å². The predicted octanol–water partition coefficient (Wildman–Crippen LogP) is 2.38. The molecule has 9 heteroatoms. The molecule has 0 atom stereocenters. The molecule has 0 aliphatic heterocycles. The molecule has 4 N–H and O–H groups in total. The molecular weight excluding hydrogens is 400 g/mol. The number of amides is 2. The van der Waals surface area contributed by atoms with Crippen LogP contribution in [-0.2, 0) is 17.8 Å². The van der Waals surface area contributed by atoms with Gasteiger partial charge in [-0.05, 0) is 36.6 Å². The number of fused-ring (bicyclic) bond motifs is 1. The van der Waals surface area contributed by atoms with Gasteiger partial charge >= 0.3 is 0 Å². The average molecular weight is 419 g/mol. The first kappa shape index (κ1) is 20.0. The Morgan fingerprint density at radius 3 is 2.68 bits per heavy atom. The highest BCUT2D eigenvalue weighted by atomic mass is 35.5. The summed E-state index contributed by atoms with van der Waals surface area (Å²) in [6.07, 6.45) is 0.957. The highest BCUT2D eigenvalue weighted by molar-refractivity contribution is 7.20. The summed E-state index contributed by atoms with van der Waals surface area (Å²) in [4.78, 5) is 41.4. The predicted molar refractivity (Wildman–Crippen MR) is 110 cm³/mol. The van der Waals surface area contributed by atoms with Crippen molar-refractivity contribution in [1.82, 2.24) is 9.55 Å². The number of nitrogens with zero attached hydrogens (tertiary/aromatic N) is 2. The van der Waals surface area contributed by atoms with Gasteiger partial charge < -0.3 is 11.5 Å². The van der Waals surface area contributed by atoms with Gasteiger partial charge in [-0.25, -0.2) is 4.98 Å². The van der Waals surface area contributed by atoms with E-state index in [4.69, 9.17) is 23.1 Å². The SMILES string of the molecule is Cc1c(C(N)=O)sc2nc(Cc3cccc(Cl)c3)n(CCCC(N)=O)c(=O)c12. The summed E-state index contributed by atoms with van der Waals surface area (Å²) in [5.41, 5.74) is 11.8. The molecule has 0 fully saturated rings. The smallest absolute Gasteiger partial charge is 0.262 e. The Bertz CT molecular complexity index is 1140. The maximum atomic E-state index is 13.2. The number of nitrogens with two attached hydrogens (primary N) is 2. The van der Waals surface area contributed by atoms with E-state index in [9.17, 15) is 14.4 Å². The fraction of sp³-hybridized carbons (Fsp3) is 0.263. The van der Waals surface area contributed by atoms with Gasteiger partial charge in [0.2, 0.25) is 5.91 Å². The van der Waals surface area contributed by atoms with Crippen molar-refractivity contribution in [3.63, 3.8) is 0 Å². The second kappa shape index (κ2) is 8.12. The van der Waals surface area contributed by atoms with Gasteiger partial charge in [0, 0.05) is 24.4 Å². The van der Waals surface area contributed by atoms with E-state index in [1.165, 1.54) is 4.57 Å². The minimum atomic E-state index is -0.587. The van der Waals surface area contributed by atoms with E-state index in [1.54, 1.807) is 19.1 Å². The summed E-state index contributed by atoms with van der Waals surface area (Å²) in [7, 11) is 0. The minimum Gasteiger partial charge on any atom is -0.370 e. The summed E-state index contributed by atoms with van der Waals surface area (Å²) < 4.78 is 1.54. The van der Waals surface area contributed by atoms with Gasteiger partial charge in [-0.1, -0.05) is 23.7 Å². The van der Waals surface area contributed by atoms with Crippen LogP contribution in [0.2, 0.25) is 5.02 Å². The largest absolute Gasteiger partial charge is 0.370 e. The number of carbonyl (C=O) groups excluding carboxylic acids is 2. The van der Waals surface area contributed by atoms with E-state index in [0.717, 1.165) is 16.9 Å². The highest BCUT2D eigenvalue weighted by Crippen LogP contribution is 2.27. The fourth-order valence-electron chi connectivity index (χ4n) is 3.10. The van der Waals surface area contributed by atoms with Crippen molar-refractivity contribution in [2.24, 2.45) is 11.5 Å². The zero-order valence-corrected chi connectivity index (χ0v) is 16.8. The van der Waals surface area contributed by atoms with Gasteiger partial charge in [-0.2, -0.15) is 0 Å². The van der Waals surface area contributed by atoms with Gasteiger partial charge in [0.15, 0.2) is 0 Å². The lowest BCUT2D eigenvalue weighted by Crippen LogP contribution is -2.26. The molecule has 3 rings (SSSR count). The fourth-order valence-corrected chi connectivity index (χ4v) is 4.36. The zero-order valence-electron chi connectivity index (χ0n) is 15.2. The number of benzene rings is 1. The topological polar surface area (TPSA) is 121 Å². The van der Waals surface area contributed by atoms with Gasteiger partial charge in [-0.3, -0.25) is 19.0 Å². The third-order valence-corrected chi connectivity index (χ3v) is 5.84. The molecule has 0 saturated heterocycles. The Hall–Kier alpha value is -2.71. The van der Waals surface area contributed by atoms with Gasteiger partial charge in [0.25, 0.3) is 11.5 Å². The summed E-state index contributed by atoms with van der Waals surface area (Å²) in [5.74, 6) is -0.487. The monoisotopic (exact) mass is 418 g/mol. The van der Waals surface area contributed by atoms with Crippen LogP contribution in [0.25, 0.3) is 10.2 Å². The molecule has 0 aliphatic rings. The summed E-state index contributed by atoms with van der Waals surface area (Å²) in [5, 5.41) is 0.969. The number of aryl methyl sites for hydroxylation is 1. The molecule has 2 heterocycles. The molecule has 2 aromatic heterocycles. The first-order chi connectivity index (χ1) is 13.3. The standard InChI is InChI=1S/C19H19ClN4O3S/c1-10-15-18(28-16(10)17(22)26)23-14(9-11-4-2-5-12(20)8-11)24(19(15)27)7-3-6-13(21)25/h2,4-5,8H,3,6-7,9H2,1H3,(H2,21,25)(H2,22,26). The van der Waals surface area contributed by atoms with Crippen LogP contribution in [-0.4, -0.2) is 21.4 Å². The molecule has 0 radical (unpaired) electrons. The Morgan fingerprint density at radius 2 is 2.04 bits per heavy atom. The van der Waals surface area contributed by atoms with Crippen LogP contribution in [0.5, 0.6) is 0 Å². The van der Waals surface area contributed by atoms with E-state index in [1.807, 2.05) is 12.1 Å². The number of halogens is 1. The second-order valence-electron chi connectivity index (χ2n) is 6.46. The van der Waals surface area contributed by atoms with Gasteiger partial charge in [-0.15, -0.1) is 11.3 Å². The summed E-state index contributed by atoms with van der Waals surface area (Å²) in [6.45, 7) is 1.98. The molecule has 0 spiro atoms. The number of hydrogen-bond acceptors (Lipinski definition) is 5. The van der Waals surface area contributed by atoms with E-state index in [0.29, 0.717) is 50.9 Å². The molecule has 0 aliphatic carbocycles. The lowest BCUT2D eigenvalue weighted by molar-refractivity contribution is -0.118. The van der Waals surface area contributed by atoms with Crippen molar-refractivity contribution in [1.29, 1.82) is 0 Å². The number of hydrogen-bond donors (Lipinski definition) is 2. The number of carbonyl (C=O) groups is 2. The van der Waals surface area contributed by atoms with Crippen molar-refractivity contribution >= 4 is 45.0 Å². The van der Waals surface area contributed by atoms with Crippen LogP contribution < -0.4 is 17.0 Å². The number of aromatic nitrogens is 2. The van der Waals surface area contributed by atoms with Crippen LogP contribution in [0.3, 0.4) is 0 Å². The lowest BCUT2D eigenvalue weighted by atomic mass is 10.1. The van der Waals surface area contributed by atoms with Crippen molar-refractivity contribution in [2.45, 2.75) is 32.7 Å². The third kappa shape index (κ3) is 4.07. The zero-order chi connectivity index (χ0) is 20.4. The normalized spacial score (nSPS) is 11.1. The Morgan fingerprint density at radius 1 is 1.29 bits per heavy atom. The Kier molecular flexibility index (Phi) is 5.81. The molecule has 1 aromatic carbocycles. The first-order valence-corrected chi connectivity index (χ1v) is 9.82. The molecule has 28 heavy (non-hydrogen) atoms. The molecule has 7 nitrogen and oxygen atoms in total. The minimum absolute atomic E-state index is 0.163. The first-order valence-electron chi connectivity index (χ1n) is 8.63. The molecule has 2 amide bonds. The molecular formula is C19H19ClN4O3S. The molecule has 0 bridgehead atoms. The quantitative estimate of drug-likeness (QED) is 0.611. The third-order valence-electron chi connectivity index (χ3n) is 4.41. The number of rotatable bonds is 7. The lowest BCUT2D eigenvalue weighted by Gasteiger charge is -2.12. The van der Waals surface area contributed by atoms with Crippen LogP contribution in [0, 0.1) is 6.92 Å². The van der Waals surface area contributed by atoms with Crippen LogP contribution in [0.1, 0.15) is 39.5 Å². The van der Waals surface area contributed by atoms with Crippen LogP contribution in [0.4, 0.5) is 0 Å². The van der Waals surface area contributed by atoms with E-state index < -0.39 is 11.8 Å². The van der Waals surface area contributed by atoms with Crippen LogP contribution in [0.15, 0.2) is 29.1 Å². The van der Waals surface area contributed by atoms with Crippen molar-refractivity contribution in [3.8, 4) is 0 Å². The van der Waals surface area contributed by atoms with Crippen molar-refractivity contribution in [3.05, 3.63) is 61.5 Å². The van der Waals surface area contributed by atoms with E-state index in [2.05, 4.69) is 4.98 Å². The number of primary amides is 2. The van der Waals surface area contributed by atoms with Crippen molar-refractivity contribution < 1.29 is 9.59 Å². The Labute approximate surface area is 169 Å². The summed E-state index contributed by atoms with van der Waals surface area (Å²) in [6, 6.07) is 7.29. The highest BCUT2D eigenvalue weighted by Gasteiger charge is 2.20. The summed E-state index contributed by atoms with van der Waals surface area (Å²) >= 11 is 7.18. The maximum absolute atomic E-state index is 13.2. The molecule has 146 valence electrons. The average Bonchev–Trinajstić information content (AvgIpc) is 2.94. The number of thiophene rings is 1. The molecule has 3 aromatic rings. The van der Waals surface area contributed by atoms with Crippen molar-refractivity contribution in [2.75, 3.05) is 0 Å². The van der Waals surface area contributed by atoms with E-state index >= 15 is 0 Å².